The Labute approximate surface area is 119 Å². The van der Waals surface area contributed by atoms with Crippen molar-refractivity contribution in [2.24, 2.45) is 0 Å². The van der Waals surface area contributed by atoms with E-state index in [1.807, 2.05) is 17.9 Å². The van der Waals surface area contributed by atoms with Crippen molar-refractivity contribution >= 4 is 5.91 Å². The lowest BCUT2D eigenvalue weighted by atomic mass is 10.1. The van der Waals surface area contributed by atoms with Crippen molar-refractivity contribution in [1.29, 1.82) is 0 Å². The number of nitrogens with zero attached hydrogens (tertiary/aromatic N) is 2. The fraction of sp³-hybridized carbons (Fsp3) is 0.667. The molecule has 2 unspecified atom stereocenters. The number of piperazine rings is 1. The van der Waals surface area contributed by atoms with Crippen LogP contribution in [0.25, 0.3) is 0 Å². The van der Waals surface area contributed by atoms with E-state index in [-0.39, 0.29) is 18.1 Å². The fourth-order valence-corrected chi connectivity index (χ4v) is 3.34. The topological polar surface area (TPSA) is 56.9 Å². The molecule has 5 heteroatoms. The van der Waals surface area contributed by atoms with Crippen molar-refractivity contribution in [1.82, 2.24) is 9.80 Å². The summed E-state index contributed by atoms with van der Waals surface area (Å²) in [5, 5.41) is 9.97. The highest BCUT2D eigenvalue weighted by Crippen LogP contribution is 2.25. The first-order valence-electron chi connectivity index (χ1n) is 7.42. The molecule has 0 spiro atoms. The van der Waals surface area contributed by atoms with Crippen LogP contribution >= 0.6 is 0 Å². The number of aryl methyl sites for hydroxylation is 1. The normalized spacial score (nSPS) is 28.0. The zero-order valence-electron chi connectivity index (χ0n) is 11.9. The standard InChI is InChI=1S/C15H22N2O3/c1-11-5-10-20-14(11)15(19)17-8-6-16(7-9-17)12-3-2-4-13(12)18/h5,10,12-13,18H,2-4,6-9H2,1H3. The van der Waals surface area contributed by atoms with Crippen molar-refractivity contribution < 1.29 is 14.3 Å². The van der Waals surface area contributed by atoms with Crippen LogP contribution in [0.15, 0.2) is 16.7 Å². The number of amides is 1. The first-order valence-corrected chi connectivity index (χ1v) is 7.42. The Kier molecular flexibility index (Phi) is 3.81. The van der Waals surface area contributed by atoms with Crippen LogP contribution in [0.1, 0.15) is 35.4 Å². The number of furan rings is 1. The van der Waals surface area contributed by atoms with Crippen LogP contribution in [0.2, 0.25) is 0 Å². The van der Waals surface area contributed by atoms with Gasteiger partial charge in [0.15, 0.2) is 5.76 Å². The van der Waals surface area contributed by atoms with Crippen molar-refractivity contribution in [2.75, 3.05) is 26.2 Å². The van der Waals surface area contributed by atoms with Gasteiger partial charge in [-0.1, -0.05) is 0 Å². The minimum atomic E-state index is -0.190. The van der Waals surface area contributed by atoms with E-state index in [0.717, 1.165) is 37.9 Å². The smallest absolute Gasteiger partial charge is 0.289 e. The van der Waals surface area contributed by atoms with Gasteiger partial charge in [-0.2, -0.15) is 0 Å². The first-order chi connectivity index (χ1) is 9.66. The summed E-state index contributed by atoms with van der Waals surface area (Å²) in [7, 11) is 0. The van der Waals surface area contributed by atoms with Crippen molar-refractivity contribution in [3.63, 3.8) is 0 Å². The van der Waals surface area contributed by atoms with Gasteiger partial charge in [-0.05, 0) is 32.3 Å². The molecule has 1 aromatic heterocycles. The van der Waals surface area contributed by atoms with Gasteiger partial charge < -0.3 is 14.4 Å². The third-order valence-electron chi connectivity index (χ3n) is 4.57. The van der Waals surface area contributed by atoms with E-state index in [9.17, 15) is 9.90 Å². The third-order valence-corrected chi connectivity index (χ3v) is 4.57. The van der Waals surface area contributed by atoms with Gasteiger partial charge in [-0.3, -0.25) is 9.69 Å². The maximum atomic E-state index is 12.3. The van der Waals surface area contributed by atoms with Gasteiger partial charge in [0.25, 0.3) is 5.91 Å². The summed E-state index contributed by atoms with van der Waals surface area (Å²) in [6, 6.07) is 2.11. The molecule has 3 rings (SSSR count). The summed E-state index contributed by atoms with van der Waals surface area (Å²) < 4.78 is 5.28. The fourth-order valence-electron chi connectivity index (χ4n) is 3.34. The Morgan fingerprint density at radius 1 is 1.30 bits per heavy atom. The summed E-state index contributed by atoms with van der Waals surface area (Å²) in [5.41, 5.74) is 0.892. The summed E-state index contributed by atoms with van der Waals surface area (Å²) in [4.78, 5) is 16.5. The Morgan fingerprint density at radius 3 is 2.60 bits per heavy atom. The van der Waals surface area contributed by atoms with Crippen LogP contribution in [0.4, 0.5) is 0 Å². The molecule has 5 nitrogen and oxygen atoms in total. The maximum absolute atomic E-state index is 12.3. The van der Waals surface area contributed by atoms with Gasteiger partial charge in [0, 0.05) is 37.8 Å². The second-order valence-corrected chi connectivity index (χ2v) is 5.83. The van der Waals surface area contributed by atoms with Crippen LogP contribution in [-0.4, -0.2) is 59.1 Å². The maximum Gasteiger partial charge on any atom is 0.289 e. The highest BCUT2D eigenvalue weighted by Gasteiger charge is 2.34. The van der Waals surface area contributed by atoms with Crippen LogP contribution < -0.4 is 0 Å². The number of rotatable bonds is 2. The summed E-state index contributed by atoms with van der Waals surface area (Å²) >= 11 is 0. The van der Waals surface area contributed by atoms with Gasteiger partial charge in [0.1, 0.15) is 0 Å². The number of carbonyl (C=O) groups excluding carboxylic acids is 1. The van der Waals surface area contributed by atoms with Gasteiger partial charge in [0.2, 0.25) is 0 Å². The molecule has 1 aromatic rings. The highest BCUT2D eigenvalue weighted by molar-refractivity contribution is 5.92. The molecule has 2 aliphatic rings. The molecule has 0 aromatic carbocycles. The molecule has 1 aliphatic carbocycles. The van der Waals surface area contributed by atoms with E-state index in [1.165, 1.54) is 0 Å². The minimum Gasteiger partial charge on any atom is -0.459 e. The molecule has 1 saturated carbocycles. The van der Waals surface area contributed by atoms with E-state index in [4.69, 9.17) is 4.42 Å². The molecule has 2 fully saturated rings. The van der Waals surface area contributed by atoms with E-state index in [1.54, 1.807) is 6.26 Å². The van der Waals surface area contributed by atoms with Crippen LogP contribution in [0.5, 0.6) is 0 Å². The zero-order chi connectivity index (χ0) is 14.1. The van der Waals surface area contributed by atoms with E-state index < -0.39 is 0 Å². The average molecular weight is 278 g/mol. The predicted octanol–water partition coefficient (Wildman–Crippen LogP) is 1.26. The van der Waals surface area contributed by atoms with Gasteiger partial charge in [-0.25, -0.2) is 0 Å². The Balaban J connectivity index is 1.58. The second-order valence-electron chi connectivity index (χ2n) is 5.83. The first kappa shape index (κ1) is 13.6. The van der Waals surface area contributed by atoms with Crippen LogP contribution in [-0.2, 0) is 0 Å². The largest absolute Gasteiger partial charge is 0.459 e. The zero-order valence-corrected chi connectivity index (χ0v) is 11.9. The van der Waals surface area contributed by atoms with Gasteiger partial charge in [-0.15, -0.1) is 0 Å². The molecular formula is C15H22N2O3. The van der Waals surface area contributed by atoms with E-state index in [0.29, 0.717) is 18.8 Å². The lowest BCUT2D eigenvalue weighted by Gasteiger charge is -2.38. The Hall–Kier alpha value is -1.33. The molecule has 0 bridgehead atoms. The number of hydrogen-bond acceptors (Lipinski definition) is 4. The number of carbonyl (C=O) groups is 1. The minimum absolute atomic E-state index is 0.0147. The van der Waals surface area contributed by atoms with E-state index in [2.05, 4.69) is 4.90 Å². The molecule has 2 heterocycles. The lowest BCUT2D eigenvalue weighted by Crippen LogP contribution is -2.53. The van der Waals surface area contributed by atoms with Crippen molar-refractivity contribution in [2.45, 2.75) is 38.3 Å². The third kappa shape index (κ3) is 2.47. The second kappa shape index (κ2) is 5.58. The molecule has 1 saturated heterocycles. The molecule has 1 amide bonds. The number of aliphatic hydroxyl groups excluding tert-OH is 1. The van der Waals surface area contributed by atoms with E-state index >= 15 is 0 Å². The Bertz CT molecular complexity index is 477. The van der Waals surface area contributed by atoms with Crippen molar-refractivity contribution in [3.8, 4) is 0 Å². The van der Waals surface area contributed by atoms with Crippen molar-refractivity contribution in [3.05, 3.63) is 23.7 Å². The molecule has 2 atom stereocenters. The summed E-state index contributed by atoms with van der Waals surface area (Å²) in [5.74, 6) is 0.443. The molecule has 1 N–H and O–H groups in total. The molecular weight excluding hydrogens is 256 g/mol. The molecule has 20 heavy (non-hydrogen) atoms. The summed E-state index contributed by atoms with van der Waals surface area (Å²) in [6.07, 6.45) is 4.47. The predicted molar refractivity (Wildman–Crippen MR) is 74.6 cm³/mol. The average Bonchev–Trinajstić information content (AvgIpc) is 3.07. The lowest BCUT2D eigenvalue weighted by molar-refractivity contribution is 0.0301. The van der Waals surface area contributed by atoms with Crippen LogP contribution in [0.3, 0.4) is 0 Å². The molecule has 110 valence electrons. The van der Waals surface area contributed by atoms with Crippen LogP contribution in [0, 0.1) is 6.92 Å². The highest BCUT2D eigenvalue weighted by atomic mass is 16.3. The summed E-state index contributed by atoms with van der Waals surface area (Å²) in [6.45, 7) is 4.99. The quantitative estimate of drug-likeness (QED) is 0.885. The van der Waals surface area contributed by atoms with Gasteiger partial charge in [0.05, 0.1) is 12.4 Å². The number of aliphatic hydroxyl groups is 1. The van der Waals surface area contributed by atoms with Gasteiger partial charge >= 0.3 is 0 Å². The SMILES string of the molecule is Cc1ccoc1C(=O)N1CCN(C2CCCC2O)CC1. The Morgan fingerprint density at radius 2 is 2.05 bits per heavy atom. The number of hydrogen-bond donors (Lipinski definition) is 1. The molecule has 0 radical (unpaired) electrons. The molecule has 1 aliphatic heterocycles. The monoisotopic (exact) mass is 278 g/mol.